The number of aliphatic hydroxyl groups is 2. The highest BCUT2D eigenvalue weighted by Crippen LogP contribution is 2.20. The molecule has 0 aromatic rings. The molecule has 6 N–H and O–H groups in total. The first kappa shape index (κ1) is 23.1. The number of carbonyl (C=O) groups excluding carboxylic acids is 1. The van der Waals surface area contributed by atoms with Gasteiger partial charge >= 0.3 is 18.0 Å². The van der Waals surface area contributed by atoms with Gasteiger partial charge in [0.25, 0.3) is 0 Å². The van der Waals surface area contributed by atoms with E-state index < -0.39 is 29.7 Å². The second-order valence-corrected chi connectivity index (χ2v) is 6.78. The number of amides is 1. The summed E-state index contributed by atoms with van der Waals surface area (Å²) < 4.78 is 5.29. The van der Waals surface area contributed by atoms with E-state index in [9.17, 15) is 14.4 Å². The van der Waals surface area contributed by atoms with Crippen LogP contribution in [0, 0.1) is 5.92 Å². The van der Waals surface area contributed by atoms with Crippen LogP contribution in [0.15, 0.2) is 0 Å². The number of likely N-dealkylation sites (tertiary alicyclic amines) is 1. The van der Waals surface area contributed by atoms with Gasteiger partial charge in [0.05, 0.1) is 0 Å². The maximum absolute atomic E-state index is 11.7. The van der Waals surface area contributed by atoms with Gasteiger partial charge in [-0.05, 0) is 26.7 Å². The van der Waals surface area contributed by atoms with Crippen molar-refractivity contribution < 1.29 is 39.5 Å². The molecule has 146 valence electrons. The van der Waals surface area contributed by atoms with E-state index in [1.807, 2.05) is 20.8 Å². The lowest BCUT2D eigenvalue weighted by Gasteiger charge is -2.24. The molecule has 1 amide bonds. The van der Waals surface area contributed by atoms with Crippen LogP contribution >= 0.6 is 0 Å². The molecule has 10 heteroatoms. The summed E-state index contributed by atoms with van der Waals surface area (Å²) in [7, 11) is 0. The lowest BCUT2D eigenvalue weighted by atomic mass is 10.0. The van der Waals surface area contributed by atoms with Gasteiger partial charge in [-0.25, -0.2) is 14.4 Å². The molecule has 0 spiro atoms. The van der Waals surface area contributed by atoms with Gasteiger partial charge in [0, 0.05) is 19.1 Å². The number of nitrogens with zero attached hydrogens (tertiary/aromatic N) is 1. The summed E-state index contributed by atoms with van der Waals surface area (Å²) in [5, 5.41) is 32.5. The minimum atomic E-state index is -2.27. The van der Waals surface area contributed by atoms with E-state index >= 15 is 0 Å². The fourth-order valence-corrected chi connectivity index (χ4v) is 2.07. The summed E-state index contributed by atoms with van der Waals surface area (Å²) >= 11 is 0. The Bertz CT molecular complexity index is 459. The normalized spacial score (nSPS) is 22.4. The molecule has 1 aliphatic heterocycles. The third kappa shape index (κ3) is 8.14. The summed E-state index contributed by atoms with van der Waals surface area (Å²) in [4.78, 5) is 33.0. The van der Waals surface area contributed by atoms with Crippen LogP contribution in [0.25, 0.3) is 0 Å². The van der Waals surface area contributed by atoms with Crippen LogP contribution in [0.4, 0.5) is 4.79 Å². The maximum Gasteiger partial charge on any atom is 0.410 e. The molecule has 0 unspecified atom stereocenters. The second kappa shape index (κ2) is 9.54. The van der Waals surface area contributed by atoms with Crippen LogP contribution < -0.4 is 5.73 Å². The lowest BCUT2D eigenvalue weighted by molar-refractivity contribution is -0.165. The Hall–Kier alpha value is -1.91. The number of rotatable bonds is 4. The van der Waals surface area contributed by atoms with Crippen LogP contribution in [0.5, 0.6) is 0 Å². The predicted octanol–water partition coefficient (Wildman–Crippen LogP) is -0.532. The summed E-state index contributed by atoms with van der Waals surface area (Å²) in [6, 6.07) is 0.0996. The van der Waals surface area contributed by atoms with Gasteiger partial charge in [0.1, 0.15) is 5.60 Å². The molecule has 1 saturated heterocycles. The molecule has 25 heavy (non-hydrogen) atoms. The highest BCUT2D eigenvalue weighted by molar-refractivity contribution is 5.83. The summed E-state index contributed by atoms with van der Waals surface area (Å²) in [6.07, 6.45) is -3.76. The molecule has 0 bridgehead atoms. The molecule has 1 fully saturated rings. The Morgan fingerprint density at radius 2 is 1.56 bits per heavy atom. The van der Waals surface area contributed by atoms with Crippen molar-refractivity contribution in [3.05, 3.63) is 0 Å². The Kier molecular flexibility index (Phi) is 8.81. The molecular weight excluding hydrogens is 336 g/mol. The quantitative estimate of drug-likeness (QED) is 0.439. The number of hydrogen-bond donors (Lipinski definition) is 5. The number of aliphatic carboxylic acids is 2. The first-order chi connectivity index (χ1) is 11.3. The third-order valence-corrected chi connectivity index (χ3v) is 3.47. The Morgan fingerprint density at radius 3 is 1.84 bits per heavy atom. The summed E-state index contributed by atoms with van der Waals surface area (Å²) in [6.45, 7) is 9.07. The third-order valence-electron chi connectivity index (χ3n) is 3.47. The average Bonchev–Trinajstić information content (AvgIpc) is 2.85. The number of nitrogens with two attached hydrogens (primary N) is 1. The van der Waals surface area contributed by atoms with Gasteiger partial charge in [0.2, 0.25) is 0 Å². The SMILES string of the molecule is CC[C@@H]1CN(C(=O)OC(C)(C)C)C[C@@H]1N.O=C(O)[C@H](O)[C@@H](O)C(=O)O. The van der Waals surface area contributed by atoms with E-state index in [0.717, 1.165) is 13.0 Å². The second-order valence-electron chi connectivity index (χ2n) is 6.78. The topological polar surface area (TPSA) is 171 Å². The Morgan fingerprint density at radius 1 is 1.12 bits per heavy atom. The Labute approximate surface area is 146 Å². The molecule has 0 saturated carbocycles. The largest absolute Gasteiger partial charge is 0.479 e. The van der Waals surface area contributed by atoms with Crippen molar-refractivity contribution in [2.75, 3.05) is 13.1 Å². The van der Waals surface area contributed by atoms with E-state index in [2.05, 4.69) is 6.92 Å². The monoisotopic (exact) mass is 364 g/mol. The van der Waals surface area contributed by atoms with Crippen molar-refractivity contribution in [2.45, 2.75) is 58.0 Å². The summed E-state index contributed by atoms with van der Waals surface area (Å²) in [5.41, 5.74) is 5.51. The minimum Gasteiger partial charge on any atom is -0.479 e. The molecule has 0 radical (unpaired) electrons. The summed E-state index contributed by atoms with van der Waals surface area (Å²) in [5.74, 6) is -3.12. The fraction of sp³-hybridized carbons (Fsp3) is 0.800. The molecule has 10 nitrogen and oxygen atoms in total. The van der Waals surface area contributed by atoms with Crippen LogP contribution in [0.1, 0.15) is 34.1 Å². The van der Waals surface area contributed by atoms with Crippen molar-refractivity contribution in [1.29, 1.82) is 0 Å². The smallest absolute Gasteiger partial charge is 0.410 e. The minimum absolute atomic E-state index is 0.0996. The van der Waals surface area contributed by atoms with Gasteiger partial charge < -0.3 is 35.8 Å². The maximum atomic E-state index is 11.7. The van der Waals surface area contributed by atoms with Gasteiger partial charge in [-0.3, -0.25) is 0 Å². The number of carboxylic acid groups (broad SMARTS) is 2. The van der Waals surface area contributed by atoms with Crippen molar-refractivity contribution in [3.8, 4) is 0 Å². The van der Waals surface area contributed by atoms with Crippen LogP contribution in [-0.2, 0) is 14.3 Å². The van der Waals surface area contributed by atoms with E-state index in [0.29, 0.717) is 12.5 Å². The van der Waals surface area contributed by atoms with E-state index in [-0.39, 0.29) is 12.1 Å². The molecule has 4 atom stereocenters. The molecule has 0 aromatic heterocycles. The zero-order chi connectivity index (χ0) is 19.9. The number of carbonyl (C=O) groups is 3. The van der Waals surface area contributed by atoms with E-state index in [1.54, 1.807) is 4.90 Å². The van der Waals surface area contributed by atoms with Crippen molar-refractivity contribution >= 4 is 18.0 Å². The van der Waals surface area contributed by atoms with Crippen LogP contribution in [0.2, 0.25) is 0 Å². The fourth-order valence-electron chi connectivity index (χ4n) is 2.07. The first-order valence-corrected chi connectivity index (χ1v) is 7.85. The van der Waals surface area contributed by atoms with Gasteiger partial charge in [-0.1, -0.05) is 13.3 Å². The molecule has 0 aromatic carbocycles. The number of ether oxygens (including phenoxy) is 1. The van der Waals surface area contributed by atoms with Crippen molar-refractivity contribution in [3.63, 3.8) is 0 Å². The van der Waals surface area contributed by atoms with E-state index in [1.165, 1.54) is 0 Å². The molecule has 1 aliphatic rings. The number of hydrogen-bond acceptors (Lipinski definition) is 7. The predicted molar refractivity (Wildman–Crippen MR) is 86.8 cm³/mol. The zero-order valence-corrected chi connectivity index (χ0v) is 14.9. The lowest BCUT2D eigenvalue weighted by Crippen LogP contribution is -2.39. The Balaban J connectivity index is 0.000000504. The highest BCUT2D eigenvalue weighted by atomic mass is 16.6. The van der Waals surface area contributed by atoms with E-state index in [4.69, 9.17) is 30.9 Å². The zero-order valence-electron chi connectivity index (χ0n) is 14.9. The van der Waals surface area contributed by atoms with Gasteiger partial charge in [-0.15, -0.1) is 0 Å². The molecule has 1 heterocycles. The highest BCUT2D eigenvalue weighted by Gasteiger charge is 2.34. The van der Waals surface area contributed by atoms with Crippen LogP contribution in [-0.4, -0.2) is 80.3 Å². The van der Waals surface area contributed by atoms with Crippen molar-refractivity contribution in [2.24, 2.45) is 11.7 Å². The first-order valence-electron chi connectivity index (χ1n) is 7.85. The van der Waals surface area contributed by atoms with Gasteiger partial charge in [0.15, 0.2) is 12.2 Å². The molecule has 1 rings (SSSR count). The number of carboxylic acids is 2. The molecular formula is C15H28N2O8. The standard InChI is InChI=1S/C11H22N2O2.C4H6O6/c1-5-8-6-13(7-9(8)12)10(14)15-11(2,3)4;5-1(3(7)8)2(6)4(9)10/h8-9H,5-7,12H2,1-4H3;1-2,5-6H,(H,7,8)(H,9,10)/t8-,9+;1-,2-/m11/s1. The van der Waals surface area contributed by atoms with Gasteiger partial charge in [-0.2, -0.15) is 0 Å². The van der Waals surface area contributed by atoms with Crippen molar-refractivity contribution in [1.82, 2.24) is 4.90 Å². The van der Waals surface area contributed by atoms with Crippen LogP contribution in [0.3, 0.4) is 0 Å². The molecule has 0 aliphatic carbocycles. The average molecular weight is 364 g/mol. The number of aliphatic hydroxyl groups excluding tert-OH is 2.